The number of likely N-dealkylation sites (N-methyl/N-ethyl adjacent to an activating group) is 1. The van der Waals surface area contributed by atoms with Gasteiger partial charge in [-0.1, -0.05) is 22.8 Å². The van der Waals surface area contributed by atoms with Gasteiger partial charge in [0, 0.05) is 48.2 Å². The largest absolute Gasteiger partial charge is 0.409 e. The molecule has 0 bridgehead atoms. The Morgan fingerprint density at radius 1 is 1.38 bits per heavy atom. The van der Waals surface area contributed by atoms with E-state index in [0.29, 0.717) is 10.6 Å². The fourth-order valence-corrected chi connectivity index (χ4v) is 2.22. The maximum Gasteiger partial charge on any atom is 0.172 e. The van der Waals surface area contributed by atoms with Gasteiger partial charge in [0.2, 0.25) is 0 Å². The van der Waals surface area contributed by atoms with Gasteiger partial charge in [0.1, 0.15) is 0 Å². The summed E-state index contributed by atoms with van der Waals surface area (Å²) in [5.41, 5.74) is 8.19. The van der Waals surface area contributed by atoms with E-state index in [1.165, 1.54) is 0 Å². The van der Waals surface area contributed by atoms with Gasteiger partial charge in [-0.15, -0.1) is 0 Å². The molecule has 5 nitrogen and oxygen atoms in total. The van der Waals surface area contributed by atoms with Gasteiger partial charge < -0.3 is 15.8 Å². The number of rotatable bonds is 5. The summed E-state index contributed by atoms with van der Waals surface area (Å²) in [6, 6.07) is 11.2. The Labute approximate surface area is 128 Å². The molecule has 2 aromatic rings. The number of oxime groups is 1. The molecule has 0 atom stereocenters. The molecule has 0 aliphatic carbocycles. The molecule has 1 heterocycles. The highest BCUT2D eigenvalue weighted by molar-refractivity contribution is 6.31. The Morgan fingerprint density at radius 2 is 2.19 bits per heavy atom. The van der Waals surface area contributed by atoms with Crippen molar-refractivity contribution >= 4 is 23.1 Å². The van der Waals surface area contributed by atoms with Crippen molar-refractivity contribution in [3.8, 4) is 0 Å². The minimum Gasteiger partial charge on any atom is -0.409 e. The molecule has 3 N–H and O–H groups in total. The third-order valence-corrected chi connectivity index (χ3v) is 3.42. The molecule has 21 heavy (non-hydrogen) atoms. The average Bonchev–Trinajstić information content (AvgIpc) is 2.52. The molecule has 0 saturated heterocycles. The molecule has 2 rings (SSSR count). The standard InChI is InChI=1S/C15H17ClN4O/c1-20(9-7-12-4-2-3-8-18-12)14-6-5-11(16)10-13(14)15(17)19-21/h2-6,8,10,21H,7,9H2,1H3,(H2,17,19). The van der Waals surface area contributed by atoms with Crippen LogP contribution in [0.4, 0.5) is 5.69 Å². The number of hydrogen-bond acceptors (Lipinski definition) is 4. The Balaban J connectivity index is 2.17. The first-order valence-electron chi connectivity index (χ1n) is 6.50. The lowest BCUT2D eigenvalue weighted by Gasteiger charge is -2.22. The number of aromatic nitrogens is 1. The van der Waals surface area contributed by atoms with Crippen LogP contribution in [0.3, 0.4) is 0 Å². The molecule has 0 fully saturated rings. The molecule has 1 aromatic carbocycles. The highest BCUT2D eigenvalue weighted by Gasteiger charge is 2.12. The number of pyridine rings is 1. The van der Waals surface area contributed by atoms with E-state index in [4.69, 9.17) is 22.5 Å². The Hall–Kier alpha value is -2.27. The molecular formula is C15H17ClN4O. The van der Waals surface area contributed by atoms with E-state index in [1.807, 2.05) is 36.2 Å². The Bertz CT molecular complexity index is 631. The van der Waals surface area contributed by atoms with Crippen LogP contribution in [-0.2, 0) is 6.42 Å². The predicted octanol–water partition coefficient (Wildman–Crippen LogP) is 2.51. The summed E-state index contributed by atoms with van der Waals surface area (Å²) in [5, 5.41) is 12.5. The Morgan fingerprint density at radius 3 is 2.86 bits per heavy atom. The highest BCUT2D eigenvalue weighted by Crippen LogP contribution is 2.23. The van der Waals surface area contributed by atoms with E-state index in [2.05, 4.69) is 10.1 Å². The zero-order valence-corrected chi connectivity index (χ0v) is 12.5. The van der Waals surface area contributed by atoms with Crippen molar-refractivity contribution in [3.63, 3.8) is 0 Å². The number of amidine groups is 1. The van der Waals surface area contributed by atoms with Gasteiger partial charge in [-0.3, -0.25) is 4.98 Å². The lowest BCUT2D eigenvalue weighted by atomic mass is 10.1. The monoisotopic (exact) mass is 304 g/mol. The molecule has 0 aliphatic rings. The normalized spacial score (nSPS) is 11.4. The smallest absolute Gasteiger partial charge is 0.172 e. The van der Waals surface area contributed by atoms with E-state index in [0.717, 1.165) is 24.3 Å². The van der Waals surface area contributed by atoms with Crippen molar-refractivity contribution in [1.82, 2.24) is 4.98 Å². The fraction of sp³-hybridized carbons (Fsp3) is 0.200. The second-order valence-electron chi connectivity index (χ2n) is 4.64. The zero-order valence-electron chi connectivity index (χ0n) is 11.7. The number of hydrogen-bond donors (Lipinski definition) is 2. The highest BCUT2D eigenvalue weighted by atomic mass is 35.5. The van der Waals surface area contributed by atoms with Crippen LogP contribution in [0.1, 0.15) is 11.3 Å². The van der Waals surface area contributed by atoms with Crippen LogP contribution >= 0.6 is 11.6 Å². The maximum atomic E-state index is 8.88. The minimum absolute atomic E-state index is 0.0391. The first-order valence-corrected chi connectivity index (χ1v) is 6.88. The molecule has 0 saturated carbocycles. The lowest BCUT2D eigenvalue weighted by molar-refractivity contribution is 0.318. The summed E-state index contributed by atoms with van der Waals surface area (Å²) in [4.78, 5) is 6.32. The van der Waals surface area contributed by atoms with Gasteiger partial charge in [0.05, 0.1) is 0 Å². The van der Waals surface area contributed by atoms with Crippen LogP contribution in [0.15, 0.2) is 47.8 Å². The van der Waals surface area contributed by atoms with Gasteiger partial charge in [-0.25, -0.2) is 0 Å². The van der Waals surface area contributed by atoms with E-state index < -0.39 is 0 Å². The summed E-state index contributed by atoms with van der Waals surface area (Å²) in [6.07, 6.45) is 2.58. The van der Waals surface area contributed by atoms with Crippen molar-refractivity contribution in [3.05, 3.63) is 58.9 Å². The van der Waals surface area contributed by atoms with E-state index in [9.17, 15) is 0 Å². The van der Waals surface area contributed by atoms with Gasteiger partial charge in [0.25, 0.3) is 0 Å². The summed E-state index contributed by atoms with van der Waals surface area (Å²) in [7, 11) is 1.94. The van der Waals surface area contributed by atoms with Crippen LogP contribution in [0.5, 0.6) is 0 Å². The SMILES string of the molecule is CN(CCc1ccccn1)c1ccc(Cl)cc1C(N)=NO. The van der Waals surface area contributed by atoms with Crippen molar-refractivity contribution in [1.29, 1.82) is 0 Å². The Kier molecular flexibility index (Phi) is 5.00. The van der Waals surface area contributed by atoms with Gasteiger partial charge >= 0.3 is 0 Å². The second kappa shape index (κ2) is 6.95. The van der Waals surface area contributed by atoms with Crippen LogP contribution in [0.25, 0.3) is 0 Å². The van der Waals surface area contributed by atoms with Gasteiger partial charge in [0.15, 0.2) is 5.84 Å². The van der Waals surface area contributed by atoms with Crippen LogP contribution in [0, 0.1) is 0 Å². The second-order valence-corrected chi connectivity index (χ2v) is 5.08. The average molecular weight is 305 g/mol. The molecule has 1 aromatic heterocycles. The molecule has 0 unspecified atom stereocenters. The number of nitrogens with two attached hydrogens (primary N) is 1. The molecule has 110 valence electrons. The number of benzene rings is 1. The molecule has 0 radical (unpaired) electrons. The third kappa shape index (κ3) is 3.86. The summed E-state index contributed by atoms with van der Waals surface area (Å²) in [5.74, 6) is 0.0391. The predicted molar refractivity (Wildman–Crippen MR) is 85.2 cm³/mol. The number of anilines is 1. The quantitative estimate of drug-likeness (QED) is 0.385. The summed E-state index contributed by atoms with van der Waals surface area (Å²) >= 11 is 5.97. The van der Waals surface area contributed by atoms with E-state index in [1.54, 1.807) is 18.3 Å². The molecule has 0 spiro atoms. The third-order valence-electron chi connectivity index (χ3n) is 3.18. The van der Waals surface area contributed by atoms with Gasteiger partial charge in [-0.2, -0.15) is 0 Å². The number of halogens is 1. The molecule has 0 aliphatic heterocycles. The van der Waals surface area contributed by atoms with Crippen molar-refractivity contribution in [2.45, 2.75) is 6.42 Å². The maximum absolute atomic E-state index is 8.88. The topological polar surface area (TPSA) is 74.7 Å². The fourth-order valence-electron chi connectivity index (χ4n) is 2.05. The number of nitrogens with zero attached hydrogens (tertiary/aromatic N) is 3. The van der Waals surface area contributed by atoms with E-state index in [-0.39, 0.29) is 5.84 Å². The van der Waals surface area contributed by atoms with Crippen LogP contribution in [0.2, 0.25) is 5.02 Å². The molecule has 0 amide bonds. The first-order chi connectivity index (χ1) is 10.1. The molecular weight excluding hydrogens is 288 g/mol. The lowest BCUT2D eigenvalue weighted by Crippen LogP contribution is -2.25. The first kappa shape index (κ1) is 15.1. The van der Waals surface area contributed by atoms with E-state index >= 15 is 0 Å². The summed E-state index contributed by atoms with van der Waals surface area (Å²) < 4.78 is 0. The van der Waals surface area contributed by atoms with Crippen LogP contribution < -0.4 is 10.6 Å². The van der Waals surface area contributed by atoms with Crippen molar-refractivity contribution < 1.29 is 5.21 Å². The van der Waals surface area contributed by atoms with Crippen LogP contribution in [-0.4, -0.2) is 29.6 Å². The zero-order chi connectivity index (χ0) is 15.2. The van der Waals surface area contributed by atoms with Crippen molar-refractivity contribution in [2.75, 3.05) is 18.5 Å². The minimum atomic E-state index is 0.0391. The van der Waals surface area contributed by atoms with Gasteiger partial charge in [-0.05, 0) is 30.3 Å². The van der Waals surface area contributed by atoms with Crippen molar-refractivity contribution in [2.24, 2.45) is 10.9 Å². The molecule has 6 heteroatoms. The summed E-state index contributed by atoms with van der Waals surface area (Å²) in [6.45, 7) is 0.754.